The van der Waals surface area contributed by atoms with Gasteiger partial charge >= 0.3 is 0 Å². The van der Waals surface area contributed by atoms with Gasteiger partial charge in [-0.1, -0.05) is 42.1 Å². The summed E-state index contributed by atoms with van der Waals surface area (Å²) in [6, 6.07) is 10.0. The molecule has 3 rings (SSSR count). The van der Waals surface area contributed by atoms with E-state index in [0.717, 1.165) is 23.6 Å². The normalized spacial score (nSPS) is 16.2. The van der Waals surface area contributed by atoms with E-state index in [1.807, 2.05) is 34.9 Å². The number of nitrogens with zero attached hydrogens (tertiary/aromatic N) is 3. The lowest BCUT2D eigenvalue weighted by Crippen LogP contribution is -2.19. The van der Waals surface area contributed by atoms with E-state index >= 15 is 0 Å². The summed E-state index contributed by atoms with van der Waals surface area (Å²) in [6.07, 6.45) is 4.03. The molecule has 1 unspecified atom stereocenters. The first-order valence-corrected chi connectivity index (χ1v) is 7.04. The molecular formula is C13H14N4OS. The Labute approximate surface area is 115 Å². The largest absolute Gasteiger partial charge is 0.368 e. The molecule has 6 heteroatoms. The molecule has 0 spiro atoms. The smallest absolute Gasteiger partial charge is 0.235 e. The van der Waals surface area contributed by atoms with Crippen LogP contribution >= 0.6 is 11.8 Å². The van der Waals surface area contributed by atoms with E-state index in [2.05, 4.69) is 10.2 Å². The molecule has 1 saturated carbocycles. The molecule has 0 saturated heterocycles. The lowest BCUT2D eigenvalue weighted by molar-refractivity contribution is -0.117. The quantitative estimate of drug-likeness (QED) is 0.845. The van der Waals surface area contributed by atoms with Gasteiger partial charge in [-0.15, -0.1) is 10.2 Å². The highest BCUT2D eigenvalue weighted by molar-refractivity contribution is 8.00. The van der Waals surface area contributed by atoms with Crippen LogP contribution in [0.5, 0.6) is 0 Å². The van der Waals surface area contributed by atoms with E-state index in [4.69, 9.17) is 5.73 Å². The highest BCUT2D eigenvalue weighted by Gasteiger charge is 2.29. The fraction of sp³-hybridized carbons (Fsp3) is 0.308. The van der Waals surface area contributed by atoms with Gasteiger partial charge in [0.2, 0.25) is 5.91 Å². The number of hydrogen-bond donors (Lipinski definition) is 1. The van der Waals surface area contributed by atoms with Crippen LogP contribution in [0.4, 0.5) is 0 Å². The zero-order valence-electron chi connectivity index (χ0n) is 10.3. The van der Waals surface area contributed by atoms with Gasteiger partial charge < -0.3 is 10.3 Å². The van der Waals surface area contributed by atoms with Crippen molar-refractivity contribution in [2.24, 2.45) is 5.73 Å². The molecule has 0 radical (unpaired) electrons. The lowest BCUT2D eigenvalue weighted by atomic mass is 10.1. The summed E-state index contributed by atoms with van der Waals surface area (Å²) >= 11 is 1.37. The molecule has 1 aliphatic rings. The second-order valence-corrected chi connectivity index (χ2v) is 5.64. The summed E-state index contributed by atoms with van der Waals surface area (Å²) < 4.78 is 2.03. The molecule has 1 aromatic heterocycles. The SMILES string of the molecule is NC(=O)C(Sc1nncn1C1CC1)c1ccccc1. The maximum atomic E-state index is 11.7. The number of carbonyl (C=O) groups excluding carboxylic acids is 1. The predicted molar refractivity (Wildman–Crippen MR) is 72.5 cm³/mol. The Morgan fingerprint density at radius 3 is 2.74 bits per heavy atom. The average molecular weight is 274 g/mol. The zero-order valence-corrected chi connectivity index (χ0v) is 11.1. The van der Waals surface area contributed by atoms with Crippen LogP contribution in [-0.2, 0) is 4.79 Å². The third-order valence-corrected chi connectivity index (χ3v) is 4.31. The van der Waals surface area contributed by atoms with E-state index < -0.39 is 5.25 Å². The van der Waals surface area contributed by atoms with Crippen molar-refractivity contribution in [3.63, 3.8) is 0 Å². The molecule has 1 fully saturated rings. The van der Waals surface area contributed by atoms with Gasteiger partial charge in [0, 0.05) is 6.04 Å². The molecule has 1 heterocycles. The number of hydrogen-bond acceptors (Lipinski definition) is 4. The van der Waals surface area contributed by atoms with E-state index in [1.54, 1.807) is 6.33 Å². The van der Waals surface area contributed by atoms with Crippen LogP contribution in [0.25, 0.3) is 0 Å². The molecule has 19 heavy (non-hydrogen) atoms. The fourth-order valence-electron chi connectivity index (χ4n) is 1.94. The standard InChI is InChI=1S/C13H14N4OS/c14-12(18)11(9-4-2-1-3-5-9)19-13-16-15-8-17(13)10-6-7-10/h1-5,8,10-11H,6-7H2,(H2,14,18). The number of benzene rings is 1. The summed E-state index contributed by atoms with van der Waals surface area (Å²) in [5.41, 5.74) is 6.40. The van der Waals surface area contributed by atoms with Crippen molar-refractivity contribution in [1.82, 2.24) is 14.8 Å². The molecule has 0 aliphatic heterocycles. The second kappa shape index (κ2) is 5.05. The van der Waals surface area contributed by atoms with E-state index in [-0.39, 0.29) is 5.91 Å². The van der Waals surface area contributed by atoms with Gasteiger partial charge in [0.25, 0.3) is 0 Å². The van der Waals surface area contributed by atoms with Crippen molar-refractivity contribution in [3.8, 4) is 0 Å². The molecule has 5 nitrogen and oxygen atoms in total. The van der Waals surface area contributed by atoms with Gasteiger partial charge in [0.05, 0.1) is 0 Å². The molecule has 2 aromatic rings. The van der Waals surface area contributed by atoms with Crippen molar-refractivity contribution in [1.29, 1.82) is 0 Å². The van der Waals surface area contributed by atoms with E-state index in [0.29, 0.717) is 6.04 Å². The maximum Gasteiger partial charge on any atom is 0.235 e. The summed E-state index contributed by atoms with van der Waals surface area (Å²) in [5, 5.41) is 8.35. The van der Waals surface area contributed by atoms with Crippen LogP contribution in [0.1, 0.15) is 29.7 Å². The summed E-state index contributed by atoms with van der Waals surface area (Å²) in [4.78, 5) is 11.7. The van der Waals surface area contributed by atoms with Gasteiger partial charge in [-0.2, -0.15) is 0 Å². The Balaban J connectivity index is 1.85. The molecule has 0 bridgehead atoms. The molecule has 1 amide bonds. The van der Waals surface area contributed by atoms with Gasteiger partial charge in [0.15, 0.2) is 5.16 Å². The third-order valence-electron chi connectivity index (χ3n) is 3.06. The van der Waals surface area contributed by atoms with E-state index in [9.17, 15) is 4.79 Å². The Bertz CT molecular complexity index is 579. The second-order valence-electron chi connectivity index (χ2n) is 4.56. The summed E-state index contributed by atoms with van der Waals surface area (Å²) in [7, 11) is 0. The average Bonchev–Trinajstić information content (AvgIpc) is 3.16. The van der Waals surface area contributed by atoms with Gasteiger partial charge in [0.1, 0.15) is 11.6 Å². The first-order chi connectivity index (χ1) is 9.25. The van der Waals surface area contributed by atoms with Gasteiger partial charge in [-0.3, -0.25) is 4.79 Å². The van der Waals surface area contributed by atoms with Crippen LogP contribution in [0.2, 0.25) is 0 Å². The number of primary amides is 1. The maximum absolute atomic E-state index is 11.7. The van der Waals surface area contributed by atoms with Crippen molar-refractivity contribution in [2.45, 2.75) is 29.3 Å². The molecule has 98 valence electrons. The number of thioether (sulfide) groups is 1. The van der Waals surface area contributed by atoms with Crippen LogP contribution in [0, 0.1) is 0 Å². The molecule has 1 atom stereocenters. The zero-order chi connectivity index (χ0) is 13.2. The van der Waals surface area contributed by atoms with E-state index in [1.165, 1.54) is 11.8 Å². The Morgan fingerprint density at radius 2 is 2.11 bits per heavy atom. The summed E-state index contributed by atoms with van der Waals surface area (Å²) in [6.45, 7) is 0. The van der Waals surface area contributed by atoms with Crippen molar-refractivity contribution in [3.05, 3.63) is 42.2 Å². The lowest BCUT2D eigenvalue weighted by Gasteiger charge is -2.13. The number of carbonyl (C=O) groups is 1. The number of rotatable bonds is 5. The third kappa shape index (κ3) is 2.63. The molecular weight excluding hydrogens is 260 g/mol. The monoisotopic (exact) mass is 274 g/mol. The molecule has 2 N–H and O–H groups in total. The number of aromatic nitrogens is 3. The highest BCUT2D eigenvalue weighted by Crippen LogP contribution is 2.40. The Hall–Kier alpha value is -1.82. The fourth-order valence-corrected chi connectivity index (χ4v) is 2.98. The van der Waals surface area contributed by atoms with Gasteiger partial charge in [-0.05, 0) is 18.4 Å². The first kappa shape index (κ1) is 12.2. The minimum absolute atomic E-state index is 0.360. The first-order valence-electron chi connectivity index (χ1n) is 6.16. The Kier molecular flexibility index (Phi) is 3.25. The highest BCUT2D eigenvalue weighted by atomic mass is 32.2. The van der Waals surface area contributed by atoms with Gasteiger partial charge in [-0.25, -0.2) is 0 Å². The van der Waals surface area contributed by atoms with Crippen LogP contribution < -0.4 is 5.73 Å². The minimum atomic E-state index is -0.428. The topological polar surface area (TPSA) is 73.8 Å². The van der Waals surface area contributed by atoms with Crippen molar-refractivity contribution in [2.75, 3.05) is 0 Å². The minimum Gasteiger partial charge on any atom is -0.368 e. The van der Waals surface area contributed by atoms with Crippen LogP contribution in [0.15, 0.2) is 41.8 Å². The van der Waals surface area contributed by atoms with Crippen molar-refractivity contribution >= 4 is 17.7 Å². The van der Waals surface area contributed by atoms with Crippen LogP contribution in [-0.4, -0.2) is 20.7 Å². The number of nitrogens with two attached hydrogens (primary N) is 1. The summed E-state index contributed by atoms with van der Waals surface area (Å²) in [5.74, 6) is -0.360. The Morgan fingerprint density at radius 1 is 1.37 bits per heavy atom. The van der Waals surface area contributed by atoms with Crippen LogP contribution in [0.3, 0.4) is 0 Å². The number of amides is 1. The predicted octanol–water partition coefficient (Wildman–Crippen LogP) is 1.93. The molecule has 1 aliphatic carbocycles. The molecule has 1 aromatic carbocycles. The van der Waals surface area contributed by atoms with Crippen molar-refractivity contribution < 1.29 is 4.79 Å².